The van der Waals surface area contributed by atoms with Crippen LogP contribution in [0.3, 0.4) is 0 Å². The molecule has 0 radical (unpaired) electrons. The molecule has 0 saturated carbocycles. The number of carbonyl (C=O) groups excluding carboxylic acids is 1. The Hall–Kier alpha value is -0.850. The minimum absolute atomic E-state index is 0.539. The fourth-order valence-corrected chi connectivity index (χ4v) is 0.799. The highest BCUT2D eigenvalue weighted by molar-refractivity contribution is 5.52. The molecule has 0 amide bonds. The van der Waals surface area contributed by atoms with Gasteiger partial charge in [0, 0.05) is 6.42 Å². The molecule has 0 saturated heterocycles. The molecule has 0 atom stereocenters. The molecule has 15 heavy (non-hydrogen) atoms. The zero-order valence-electron chi connectivity index (χ0n) is 11.3. The molecule has 0 fully saturated rings. The van der Waals surface area contributed by atoms with E-state index in [4.69, 9.17) is 0 Å². The normalized spacial score (nSPS) is 9.87. The number of rotatable bonds is 5. The molecule has 0 aromatic rings. The van der Waals surface area contributed by atoms with Gasteiger partial charge in [-0.05, 0) is 12.8 Å². The molecule has 0 unspecified atom stereocenters. The molecule has 0 N–H and O–H groups in total. The SMILES string of the molecule is CC.CC.CC/C=C\C(=C\CC=O)CC. The number of hydrogen-bond donors (Lipinski definition) is 0. The van der Waals surface area contributed by atoms with E-state index in [0.717, 1.165) is 19.1 Å². The Labute approximate surface area is 96.3 Å². The third-order valence-corrected chi connectivity index (χ3v) is 1.45. The fourth-order valence-electron chi connectivity index (χ4n) is 0.799. The highest BCUT2D eigenvalue weighted by Gasteiger charge is 1.85. The van der Waals surface area contributed by atoms with E-state index in [-0.39, 0.29) is 0 Å². The number of aldehydes is 1. The van der Waals surface area contributed by atoms with Gasteiger partial charge in [-0.3, -0.25) is 0 Å². The first-order valence-electron chi connectivity index (χ1n) is 6.14. The van der Waals surface area contributed by atoms with Crippen molar-refractivity contribution in [2.24, 2.45) is 0 Å². The van der Waals surface area contributed by atoms with E-state index in [1.165, 1.54) is 5.57 Å². The van der Waals surface area contributed by atoms with Crippen molar-refractivity contribution in [1.82, 2.24) is 0 Å². The summed E-state index contributed by atoms with van der Waals surface area (Å²) in [5, 5.41) is 0. The van der Waals surface area contributed by atoms with Crippen LogP contribution in [-0.4, -0.2) is 6.29 Å². The summed E-state index contributed by atoms with van der Waals surface area (Å²) in [7, 11) is 0. The van der Waals surface area contributed by atoms with Crippen molar-refractivity contribution in [2.75, 3.05) is 0 Å². The largest absolute Gasteiger partial charge is 0.303 e. The standard InChI is InChI=1S/C10H16O.2C2H6/c1-3-5-7-10(4-2)8-6-9-11;2*1-2/h5,7-9H,3-4,6H2,1-2H3;2*1-2H3/b7-5-,10-8+;;. The zero-order chi connectivity index (χ0) is 12.5. The highest BCUT2D eigenvalue weighted by atomic mass is 16.1. The maximum atomic E-state index is 10.0. The second-order valence-corrected chi connectivity index (χ2v) is 2.35. The average molecular weight is 212 g/mol. The van der Waals surface area contributed by atoms with E-state index in [0.29, 0.717) is 6.42 Å². The molecule has 1 nitrogen and oxygen atoms in total. The Morgan fingerprint density at radius 2 is 1.60 bits per heavy atom. The van der Waals surface area contributed by atoms with Crippen molar-refractivity contribution < 1.29 is 4.79 Å². The Kier molecular flexibility index (Phi) is 30.4. The number of carbonyl (C=O) groups is 1. The molecule has 0 rings (SSSR count). The van der Waals surface area contributed by atoms with Gasteiger partial charge in [0.15, 0.2) is 0 Å². The molecule has 0 aromatic heterocycles. The molecule has 1 heteroatoms. The van der Waals surface area contributed by atoms with Crippen LogP contribution in [0, 0.1) is 0 Å². The van der Waals surface area contributed by atoms with Gasteiger partial charge in [-0.1, -0.05) is 65.3 Å². The minimum Gasteiger partial charge on any atom is -0.303 e. The predicted molar refractivity (Wildman–Crippen MR) is 71.2 cm³/mol. The fraction of sp³-hybridized carbons (Fsp3) is 0.643. The highest BCUT2D eigenvalue weighted by Crippen LogP contribution is 2.03. The lowest BCUT2D eigenvalue weighted by Gasteiger charge is -1.93. The molecule has 0 heterocycles. The topological polar surface area (TPSA) is 17.1 Å². The van der Waals surface area contributed by atoms with Gasteiger partial charge in [-0.25, -0.2) is 0 Å². The summed E-state index contributed by atoms with van der Waals surface area (Å²) in [6.07, 6.45) is 9.69. The quantitative estimate of drug-likeness (QED) is 0.466. The van der Waals surface area contributed by atoms with Gasteiger partial charge in [0.05, 0.1) is 0 Å². The molecular weight excluding hydrogens is 184 g/mol. The van der Waals surface area contributed by atoms with Crippen LogP contribution in [0.1, 0.15) is 60.8 Å². The summed E-state index contributed by atoms with van der Waals surface area (Å²) in [6.45, 7) is 12.2. The van der Waals surface area contributed by atoms with E-state index in [1.807, 2.05) is 33.8 Å². The summed E-state index contributed by atoms with van der Waals surface area (Å²) >= 11 is 0. The van der Waals surface area contributed by atoms with Crippen LogP contribution in [0.15, 0.2) is 23.8 Å². The average Bonchev–Trinajstić information content (AvgIpc) is 2.34. The van der Waals surface area contributed by atoms with Gasteiger partial charge >= 0.3 is 0 Å². The second-order valence-electron chi connectivity index (χ2n) is 2.35. The number of allylic oxidation sites excluding steroid dienone is 4. The summed E-state index contributed by atoms with van der Waals surface area (Å²) in [5.74, 6) is 0. The molecule has 0 spiro atoms. The molecule has 0 aliphatic carbocycles. The van der Waals surface area contributed by atoms with Crippen LogP contribution < -0.4 is 0 Å². The van der Waals surface area contributed by atoms with Crippen LogP contribution in [0.4, 0.5) is 0 Å². The Bertz CT molecular complexity index is 155. The van der Waals surface area contributed by atoms with E-state index in [1.54, 1.807) is 0 Å². The van der Waals surface area contributed by atoms with Crippen LogP contribution >= 0.6 is 0 Å². The van der Waals surface area contributed by atoms with Crippen molar-refractivity contribution in [3.05, 3.63) is 23.8 Å². The summed E-state index contributed by atoms with van der Waals surface area (Å²) < 4.78 is 0. The lowest BCUT2D eigenvalue weighted by atomic mass is 10.1. The van der Waals surface area contributed by atoms with E-state index < -0.39 is 0 Å². The van der Waals surface area contributed by atoms with Gasteiger partial charge in [-0.2, -0.15) is 0 Å². The lowest BCUT2D eigenvalue weighted by molar-refractivity contribution is -0.107. The first-order chi connectivity index (χ1) is 7.35. The van der Waals surface area contributed by atoms with Crippen LogP contribution in [0.5, 0.6) is 0 Å². The van der Waals surface area contributed by atoms with E-state index in [9.17, 15) is 4.79 Å². The monoisotopic (exact) mass is 212 g/mol. The third-order valence-electron chi connectivity index (χ3n) is 1.45. The van der Waals surface area contributed by atoms with Crippen LogP contribution in [-0.2, 0) is 4.79 Å². The van der Waals surface area contributed by atoms with E-state index in [2.05, 4.69) is 26.0 Å². The summed E-state index contributed by atoms with van der Waals surface area (Å²) in [5.41, 5.74) is 1.25. The van der Waals surface area contributed by atoms with Crippen molar-refractivity contribution in [3.8, 4) is 0 Å². The van der Waals surface area contributed by atoms with Gasteiger partial charge in [0.2, 0.25) is 0 Å². The van der Waals surface area contributed by atoms with Crippen molar-refractivity contribution in [1.29, 1.82) is 0 Å². The first kappa shape index (κ1) is 19.7. The predicted octanol–water partition coefficient (Wildman–Crippen LogP) is 4.93. The van der Waals surface area contributed by atoms with Gasteiger partial charge in [0.1, 0.15) is 6.29 Å². The van der Waals surface area contributed by atoms with Crippen LogP contribution in [0.25, 0.3) is 0 Å². The smallest absolute Gasteiger partial charge is 0.123 e. The van der Waals surface area contributed by atoms with Crippen LogP contribution in [0.2, 0.25) is 0 Å². The van der Waals surface area contributed by atoms with Crippen molar-refractivity contribution >= 4 is 6.29 Å². The second kappa shape index (κ2) is 23.2. The maximum Gasteiger partial charge on any atom is 0.123 e. The summed E-state index contributed by atoms with van der Waals surface area (Å²) in [4.78, 5) is 10.0. The molecule has 90 valence electrons. The van der Waals surface area contributed by atoms with Crippen molar-refractivity contribution in [3.63, 3.8) is 0 Å². The zero-order valence-corrected chi connectivity index (χ0v) is 11.3. The summed E-state index contributed by atoms with van der Waals surface area (Å²) in [6, 6.07) is 0. The minimum atomic E-state index is 0.539. The third kappa shape index (κ3) is 19.5. The van der Waals surface area contributed by atoms with Crippen molar-refractivity contribution in [2.45, 2.75) is 60.8 Å². The molecule has 0 aliphatic rings. The Morgan fingerprint density at radius 3 is 1.93 bits per heavy atom. The van der Waals surface area contributed by atoms with Gasteiger partial charge in [0.25, 0.3) is 0 Å². The molecule has 0 bridgehead atoms. The Balaban J connectivity index is -0.000000318. The molecule has 0 aromatic carbocycles. The Morgan fingerprint density at radius 1 is 1.07 bits per heavy atom. The lowest BCUT2D eigenvalue weighted by Crippen LogP contribution is -1.76. The van der Waals surface area contributed by atoms with E-state index >= 15 is 0 Å². The molecular formula is C14H28O. The molecule has 0 aliphatic heterocycles. The maximum absolute atomic E-state index is 10.0. The first-order valence-corrected chi connectivity index (χ1v) is 6.14. The van der Waals surface area contributed by atoms with Gasteiger partial charge in [-0.15, -0.1) is 0 Å². The van der Waals surface area contributed by atoms with Gasteiger partial charge < -0.3 is 4.79 Å². The number of hydrogen-bond acceptors (Lipinski definition) is 1.